The minimum absolute atomic E-state index is 0.167. The van der Waals surface area contributed by atoms with Gasteiger partial charge in [-0.3, -0.25) is 4.68 Å². The molecule has 0 saturated heterocycles. The second kappa shape index (κ2) is 5.05. The molecule has 2 nitrogen and oxygen atoms in total. The average molecular weight is 254 g/mol. The van der Waals surface area contributed by atoms with Gasteiger partial charge in [-0.05, 0) is 11.5 Å². The molecule has 0 atom stereocenters. The summed E-state index contributed by atoms with van der Waals surface area (Å²) in [7, 11) is 2.04. The molecular weight excluding hydrogens is 228 g/mol. The second-order valence-corrected chi connectivity index (χ2v) is 7.54. The van der Waals surface area contributed by atoms with E-state index in [1.165, 1.54) is 12.1 Å². The minimum Gasteiger partial charge on any atom is -0.271 e. The van der Waals surface area contributed by atoms with Gasteiger partial charge in [0.1, 0.15) is 5.03 Å². The lowest BCUT2D eigenvalue weighted by atomic mass is 9.92. The highest BCUT2D eigenvalue weighted by atomic mass is 32.2. The van der Waals surface area contributed by atoms with Crippen LogP contribution in [0.15, 0.2) is 11.1 Å². The Morgan fingerprint density at radius 2 is 1.82 bits per heavy atom. The molecule has 3 heteroatoms. The van der Waals surface area contributed by atoms with Crippen molar-refractivity contribution in [3.8, 4) is 0 Å². The molecule has 1 aromatic heterocycles. The summed E-state index contributed by atoms with van der Waals surface area (Å²) in [5.41, 5.74) is 1.86. The van der Waals surface area contributed by atoms with Gasteiger partial charge in [-0.2, -0.15) is 5.10 Å². The molecule has 0 aromatic carbocycles. The molecule has 0 aliphatic carbocycles. The van der Waals surface area contributed by atoms with E-state index in [0.717, 1.165) is 10.8 Å². The summed E-state index contributed by atoms with van der Waals surface area (Å²) in [5.74, 6) is 1.13. The van der Waals surface area contributed by atoms with Gasteiger partial charge in [-0.15, -0.1) is 11.8 Å². The van der Waals surface area contributed by atoms with Crippen LogP contribution in [0.2, 0.25) is 0 Å². The molecule has 0 aliphatic rings. The van der Waals surface area contributed by atoms with Crippen LogP contribution in [0.1, 0.15) is 53.7 Å². The zero-order chi connectivity index (χ0) is 13.3. The highest BCUT2D eigenvalue weighted by molar-refractivity contribution is 7.99. The normalized spacial score (nSPS) is 13.1. The van der Waals surface area contributed by atoms with Crippen molar-refractivity contribution in [2.45, 2.75) is 58.4 Å². The van der Waals surface area contributed by atoms with Crippen molar-refractivity contribution in [1.82, 2.24) is 9.78 Å². The van der Waals surface area contributed by atoms with E-state index in [1.807, 2.05) is 23.5 Å². The molecule has 17 heavy (non-hydrogen) atoms. The van der Waals surface area contributed by atoms with Crippen molar-refractivity contribution in [3.05, 3.63) is 11.8 Å². The van der Waals surface area contributed by atoms with Crippen LogP contribution in [0.3, 0.4) is 0 Å². The van der Waals surface area contributed by atoms with E-state index < -0.39 is 0 Å². The summed E-state index contributed by atoms with van der Waals surface area (Å²) in [5, 5.41) is 5.75. The van der Waals surface area contributed by atoms with E-state index in [9.17, 15) is 0 Å². The highest BCUT2D eigenvalue weighted by Crippen LogP contribution is 2.31. The summed E-state index contributed by atoms with van der Waals surface area (Å²) >= 11 is 1.87. The van der Waals surface area contributed by atoms with Crippen molar-refractivity contribution in [3.63, 3.8) is 0 Å². The lowest BCUT2D eigenvalue weighted by Crippen LogP contribution is -2.16. The van der Waals surface area contributed by atoms with Gasteiger partial charge >= 0.3 is 0 Å². The van der Waals surface area contributed by atoms with Gasteiger partial charge in [-0.25, -0.2) is 0 Å². The van der Waals surface area contributed by atoms with E-state index >= 15 is 0 Å². The molecule has 0 N–H and O–H groups in total. The van der Waals surface area contributed by atoms with Crippen molar-refractivity contribution < 1.29 is 0 Å². The number of aryl methyl sites for hydroxylation is 1. The predicted molar refractivity (Wildman–Crippen MR) is 76.7 cm³/mol. The molecule has 0 aliphatic heterocycles. The standard InChI is InChI=1S/C14H26N2S/c1-8-14(5,6)10-17-12-9-11(13(2,3)4)16(7)15-12/h9H,8,10H2,1-7H3. The van der Waals surface area contributed by atoms with Gasteiger partial charge in [0.15, 0.2) is 0 Å². The van der Waals surface area contributed by atoms with Crippen LogP contribution in [0, 0.1) is 5.41 Å². The number of hydrogen-bond acceptors (Lipinski definition) is 2. The summed E-state index contributed by atoms with van der Waals surface area (Å²) < 4.78 is 2.02. The van der Waals surface area contributed by atoms with E-state index in [0.29, 0.717) is 5.41 Å². The molecule has 1 heterocycles. The van der Waals surface area contributed by atoms with Crippen LogP contribution >= 0.6 is 11.8 Å². The van der Waals surface area contributed by atoms with Gasteiger partial charge < -0.3 is 0 Å². The number of rotatable bonds is 4. The first-order chi connectivity index (χ1) is 7.65. The number of nitrogens with zero attached hydrogens (tertiary/aromatic N) is 2. The SMILES string of the molecule is CCC(C)(C)CSc1cc(C(C)(C)C)n(C)n1. The Balaban J connectivity index is 2.75. The number of aromatic nitrogens is 2. The molecular formula is C14H26N2S. The monoisotopic (exact) mass is 254 g/mol. The fraction of sp³-hybridized carbons (Fsp3) is 0.786. The third-order valence-electron chi connectivity index (χ3n) is 3.19. The maximum Gasteiger partial charge on any atom is 0.118 e. The topological polar surface area (TPSA) is 17.8 Å². The highest BCUT2D eigenvalue weighted by Gasteiger charge is 2.21. The zero-order valence-corrected chi connectivity index (χ0v) is 13.1. The van der Waals surface area contributed by atoms with Crippen LogP contribution in [0.25, 0.3) is 0 Å². The fourth-order valence-corrected chi connectivity index (χ4v) is 2.70. The molecule has 98 valence electrons. The summed E-state index contributed by atoms with van der Waals surface area (Å²) in [4.78, 5) is 0. The first-order valence-electron chi connectivity index (χ1n) is 6.33. The van der Waals surface area contributed by atoms with Crippen LogP contribution in [-0.2, 0) is 12.5 Å². The lowest BCUT2D eigenvalue weighted by molar-refractivity contribution is 0.407. The van der Waals surface area contributed by atoms with E-state index in [2.05, 4.69) is 52.7 Å². The molecule has 0 bridgehead atoms. The van der Waals surface area contributed by atoms with Crippen LogP contribution in [0.5, 0.6) is 0 Å². The quantitative estimate of drug-likeness (QED) is 0.748. The van der Waals surface area contributed by atoms with Gasteiger partial charge in [0.05, 0.1) is 0 Å². The minimum atomic E-state index is 0.167. The van der Waals surface area contributed by atoms with Gasteiger partial charge in [0.2, 0.25) is 0 Å². The third-order valence-corrected chi connectivity index (χ3v) is 4.61. The predicted octanol–water partition coefficient (Wildman–Crippen LogP) is 4.25. The second-order valence-electron chi connectivity index (χ2n) is 6.55. The summed E-state index contributed by atoms with van der Waals surface area (Å²) in [6.45, 7) is 13.6. The number of hydrogen-bond donors (Lipinski definition) is 0. The molecule has 0 saturated carbocycles. The summed E-state index contributed by atoms with van der Waals surface area (Å²) in [6, 6.07) is 2.23. The Hall–Kier alpha value is -0.440. The Kier molecular flexibility index (Phi) is 4.34. The molecule has 1 aromatic rings. The van der Waals surface area contributed by atoms with Crippen molar-refractivity contribution >= 4 is 11.8 Å². The maximum atomic E-state index is 4.59. The Morgan fingerprint density at radius 3 is 2.24 bits per heavy atom. The smallest absolute Gasteiger partial charge is 0.118 e. The van der Waals surface area contributed by atoms with Crippen molar-refractivity contribution in [2.75, 3.05) is 5.75 Å². The lowest BCUT2D eigenvalue weighted by Gasteiger charge is -2.20. The Bertz CT molecular complexity index is 372. The average Bonchev–Trinajstić information content (AvgIpc) is 2.57. The van der Waals surface area contributed by atoms with Crippen LogP contribution in [-0.4, -0.2) is 15.5 Å². The van der Waals surface area contributed by atoms with Gasteiger partial charge in [-0.1, -0.05) is 48.0 Å². The van der Waals surface area contributed by atoms with E-state index in [4.69, 9.17) is 0 Å². The molecule has 0 spiro atoms. The van der Waals surface area contributed by atoms with Gasteiger partial charge in [0, 0.05) is 23.9 Å². The first kappa shape index (κ1) is 14.6. The van der Waals surface area contributed by atoms with Gasteiger partial charge in [0.25, 0.3) is 0 Å². The Labute approximate surface area is 110 Å². The van der Waals surface area contributed by atoms with Crippen molar-refractivity contribution in [2.24, 2.45) is 12.5 Å². The summed E-state index contributed by atoms with van der Waals surface area (Å²) in [6.07, 6.45) is 1.21. The molecule has 0 fully saturated rings. The fourth-order valence-electron chi connectivity index (χ4n) is 1.58. The van der Waals surface area contributed by atoms with E-state index in [1.54, 1.807) is 0 Å². The van der Waals surface area contributed by atoms with Crippen LogP contribution < -0.4 is 0 Å². The zero-order valence-electron chi connectivity index (χ0n) is 12.3. The number of thioether (sulfide) groups is 1. The molecule has 0 unspecified atom stereocenters. The largest absolute Gasteiger partial charge is 0.271 e. The molecule has 0 radical (unpaired) electrons. The van der Waals surface area contributed by atoms with Crippen molar-refractivity contribution in [1.29, 1.82) is 0 Å². The molecule has 0 amide bonds. The third kappa shape index (κ3) is 4.06. The molecule has 1 rings (SSSR count). The van der Waals surface area contributed by atoms with Crippen LogP contribution in [0.4, 0.5) is 0 Å². The maximum absolute atomic E-state index is 4.59. The first-order valence-corrected chi connectivity index (χ1v) is 7.31. The van der Waals surface area contributed by atoms with E-state index in [-0.39, 0.29) is 5.41 Å². The Morgan fingerprint density at radius 1 is 1.24 bits per heavy atom.